The average molecular weight is 468 g/mol. The van der Waals surface area contributed by atoms with E-state index < -0.39 is 23.4 Å². The number of halogens is 3. The number of hydrogen-bond acceptors (Lipinski definition) is 5. The Morgan fingerprint density at radius 2 is 1.85 bits per heavy atom. The first-order valence-corrected chi connectivity index (χ1v) is 11.2. The van der Waals surface area contributed by atoms with E-state index in [1.807, 2.05) is 9.80 Å². The number of hydrogen-bond donors (Lipinski definition) is 0. The highest BCUT2D eigenvalue weighted by Gasteiger charge is 2.37. The summed E-state index contributed by atoms with van der Waals surface area (Å²) in [6.45, 7) is 8.62. The molecule has 2 heterocycles. The van der Waals surface area contributed by atoms with E-state index in [1.54, 1.807) is 31.7 Å². The Labute approximate surface area is 193 Å². The van der Waals surface area contributed by atoms with Crippen molar-refractivity contribution in [3.63, 3.8) is 0 Å². The van der Waals surface area contributed by atoms with Gasteiger partial charge in [-0.2, -0.15) is 13.2 Å². The van der Waals surface area contributed by atoms with Gasteiger partial charge in [0.25, 0.3) is 0 Å². The summed E-state index contributed by atoms with van der Waals surface area (Å²) in [4.78, 5) is 17.8. The maximum absolute atomic E-state index is 13.9. The van der Waals surface area contributed by atoms with Crippen LogP contribution in [-0.2, 0) is 22.2 Å². The molecule has 3 rings (SSSR count). The first kappa shape index (κ1) is 25.2. The predicted molar refractivity (Wildman–Crippen MR) is 120 cm³/mol. The summed E-state index contributed by atoms with van der Waals surface area (Å²) in [5, 5.41) is 0. The van der Waals surface area contributed by atoms with Gasteiger partial charge in [-0.1, -0.05) is 12.0 Å². The van der Waals surface area contributed by atoms with Gasteiger partial charge < -0.3 is 19.3 Å². The molecule has 0 N–H and O–H groups in total. The standard InChI is InChI=1S/C24H32F3N3O3/c1-5-15-32-18-9-10-30(16-18)21-8-6-7-20(24(25,26)27)19(21)17-28-11-13-29(14-12-28)22(31)33-23(2,3)4/h1,6-8,18H,9-17H2,2-4H3. The van der Waals surface area contributed by atoms with Crippen LogP contribution in [0.2, 0.25) is 0 Å². The Balaban J connectivity index is 1.73. The number of rotatable bonds is 5. The molecule has 2 aliphatic rings. The summed E-state index contributed by atoms with van der Waals surface area (Å²) >= 11 is 0. The highest BCUT2D eigenvalue weighted by atomic mass is 19.4. The second kappa shape index (κ2) is 10.2. The summed E-state index contributed by atoms with van der Waals surface area (Å²) < 4.78 is 52.7. The number of carbonyl (C=O) groups is 1. The summed E-state index contributed by atoms with van der Waals surface area (Å²) in [5.41, 5.74) is -0.381. The fourth-order valence-electron chi connectivity index (χ4n) is 4.19. The highest BCUT2D eigenvalue weighted by molar-refractivity contribution is 5.68. The first-order valence-electron chi connectivity index (χ1n) is 11.2. The van der Waals surface area contributed by atoms with Crippen molar-refractivity contribution in [2.75, 3.05) is 50.8 Å². The summed E-state index contributed by atoms with van der Waals surface area (Å²) in [5.74, 6) is 2.43. The third-order valence-electron chi connectivity index (χ3n) is 5.75. The van der Waals surface area contributed by atoms with Crippen LogP contribution in [0.4, 0.5) is 23.7 Å². The number of ether oxygens (including phenoxy) is 2. The molecule has 2 saturated heterocycles. The molecule has 182 valence electrons. The zero-order chi connectivity index (χ0) is 24.2. The Morgan fingerprint density at radius 3 is 2.45 bits per heavy atom. The van der Waals surface area contributed by atoms with Gasteiger partial charge in [-0.05, 0) is 39.3 Å². The van der Waals surface area contributed by atoms with E-state index in [0.29, 0.717) is 51.4 Å². The summed E-state index contributed by atoms with van der Waals surface area (Å²) in [7, 11) is 0. The van der Waals surface area contributed by atoms with Crippen LogP contribution in [0.5, 0.6) is 0 Å². The lowest BCUT2D eigenvalue weighted by Gasteiger charge is -2.36. The summed E-state index contributed by atoms with van der Waals surface area (Å²) in [6.07, 6.45) is 1.02. The Morgan fingerprint density at radius 1 is 1.15 bits per heavy atom. The topological polar surface area (TPSA) is 45.2 Å². The van der Waals surface area contributed by atoms with Crippen LogP contribution < -0.4 is 4.90 Å². The maximum Gasteiger partial charge on any atom is 0.416 e. The highest BCUT2D eigenvalue weighted by Crippen LogP contribution is 2.38. The quantitative estimate of drug-likeness (QED) is 0.613. The third-order valence-corrected chi connectivity index (χ3v) is 5.75. The molecule has 2 fully saturated rings. The minimum absolute atomic E-state index is 0.0965. The van der Waals surface area contributed by atoms with Crippen molar-refractivity contribution in [2.45, 2.75) is 51.6 Å². The number of terminal acetylenes is 1. The molecule has 0 spiro atoms. The maximum atomic E-state index is 13.9. The second-order valence-electron chi connectivity index (χ2n) is 9.42. The van der Waals surface area contributed by atoms with Crippen molar-refractivity contribution in [2.24, 2.45) is 0 Å². The van der Waals surface area contributed by atoms with Crippen molar-refractivity contribution in [1.82, 2.24) is 9.80 Å². The molecule has 0 radical (unpaired) electrons. The van der Waals surface area contributed by atoms with Crippen LogP contribution in [0.15, 0.2) is 18.2 Å². The smallest absolute Gasteiger partial charge is 0.416 e. The van der Waals surface area contributed by atoms with Crippen LogP contribution in [0.25, 0.3) is 0 Å². The van der Waals surface area contributed by atoms with Crippen molar-refractivity contribution < 1.29 is 27.4 Å². The predicted octanol–water partition coefficient (Wildman–Crippen LogP) is 3.99. The SMILES string of the molecule is C#CCOC1CCN(c2cccc(C(F)(F)F)c2CN2CCN(C(=O)OC(C)(C)C)CC2)C1. The number of nitrogens with zero attached hydrogens (tertiary/aromatic N) is 3. The molecule has 33 heavy (non-hydrogen) atoms. The van der Waals surface area contributed by atoms with Gasteiger partial charge >= 0.3 is 12.3 Å². The molecule has 0 saturated carbocycles. The molecule has 0 aliphatic carbocycles. The van der Waals surface area contributed by atoms with Gasteiger partial charge in [0.15, 0.2) is 0 Å². The van der Waals surface area contributed by atoms with E-state index in [0.717, 1.165) is 6.07 Å². The molecular formula is C24H32F3N3O3. The molecule has 2 aliphatic heterocycles. The third kappa shape index (κ3) is 6.78. The zero-order valence-corrected chi connectivity index (χ0v) is 19.5. The number of piperazine rings is 1. The minimum Gasteiger partial charge on any atom is -0.444 e. The molecule has 6 nitrogen and oxygen atoms in total. The number of amides is 1. The van der Waals surface area contributed by atoms with Crippen molar-refractivity contribution >= 4 is 11.8 Å². The van der Waals surface area contributed by atoms with Crippen LogP contribution in [-0.4, -0.2) is 73.5 Å². The van der Waals surface area contributed by atoms with Gasteiger partial charge in [0.05, 0.1) is 11.7 Å². The molecule has 0 bridgehead atoms. The average Bonchev–Trinajstić information content (AvgIpc) is 3.19. The van der Waals surface area contributed by atoms with Crippen LogP contribution in [0.3, 0.4) is 0 Å². The van der Waals surface area contributed by atoms with Gasteiger partial charge in [-0.3, -0.25) is 4.90 Å². The van der Waals surface area contributed by atoms with E-state index in [2.05, 4.69) is 5.92 Å². The second-order valence-corrected chi connectivity index (χ2v) is 9.42. The van der Waals surface area contributed by atoms with E-state index in [-0.39, 0.29) is 24.8 Å². The lowest BCUT2D eigenvalue weighted by Crippen LogP contribution is -2.49. The Kier molecular flexibility index (Phi) is 7.80. The monoisotopic (exact) mass is 467 g/mol. The zero-order valence-electron chi connectivity index (χ0n) is 19.5. The van der Waals surface area contributed by atoms with Crippen molar-refractivity contribution in [3.8, 4) is 12.3 Å². The summed E-state index contributed by atoms with van der Waals surface area (Å²) in [6, 6.07) is 4.33. The number of carbonyl (C=O) groups excluding carboxylic acids is 1. The Bertz CT molecular complexity index is 868. The molecule has 1 atom stereocenters. The van der Waals surface area contributed by atoms with Gasteiger partial charge in [-0.15, -0.1) is 6.42 Å². The van der Waals surface area contributed by atoms with Crippen LogP contribution in [0.1, 0.15) is 38.3 Å². The molecule has 0 aromatic heterocycles. The van der Waals surface area contributed by atoms with E-state index in [9.17, 15) is 18.0 Å². The fraction of sp³-hybridized carbons (Fsp3) is 0.625. The Hall–Kier alpha value is -2.44. The van der Waals surface area contributed by atoms with Gasteiger partial charge in [-0.25, -0.2) is 4.79 Å². The lowest BCUT2D eigenvalue weighted by atomic mass is 10.0. The number of alkyl halides is 3. The minimum atomic E-state index is -4.46. The molecule has 1 aromatic rings. The van der Waals surface area contributed by atoms with Crippen LogP contribution in [0, 0.1) is 12.3 Å². The van der Waals surface area contributed by atoms with Gasteiger partial charge in [0, 0.05) is 57.1 Å². The fourth-order valence-corrected chi connectivity index (χ4v) is 4.19. The molecule has 9 heteroatoms. The molecule has 1 amide bonds. The first-order chi connectivity index (χ1) is 15.5. The van der Waals surface area contributed by atoms with Gasteiger partial charge in [0.2, 0.25) is 0 Å². The lowest BCUT2D eigenvalue weighted by molar-refractivity contribution is -0.138. The van der Waals surface area contributed by atoms with Crippen molar-refractivity contribution in [3.05, 3.63) is 29.3 Å². The van der Waals surface area contributed by atoms with E-state index in [4.69, 9.17) is 15.9 Å². The molecule has 1 unspecified atom stereocenters. The van der Waals surface area contributed by atoms with E-state index >= 15 is 0 Å². The number of anilines is 1. The normalized spacial score (nSPS) is 20.1. The molecule has 1 aromatic carbocycles. The molecular weight excluding hydrogens is 435 g/mol. The van der Waals surface area contributed by atoms with Crippen molar-refractivity contribution in [1.29, 1.82) is 0 Å². The van der Waals surface area contributed by atoms with Gasteiger partial charge in [0.1, 0.15) is 12.2 Å². The van der Waals surface area contributed by atoms with Crippen LogP contribution >= 0.6 is 0 Å². The number of benzene rings is 1. The van der Waals surface area contributed by atoms with E-state index in [1.165, 1.54) is 6.07 Å². The largest absolute Gasteiger partial charge is 0.444 e.